The summed E-state index contributed by atoms with van der Waals surface area (Å²) in [5.74, 6) is 0.512. The van der Waals surface area contributed by atoms with Gasteiger partial charge in [0.25, 0.3) is 5.91 Å². The maximum absolute atomic E-state index is 12.0. The standard InChI is InChI=1S/C18H21NO4S/c1-13-10-14(2)12-16(11-13)23-9-8-19-18(20)15-4-6-17(7-5-15)24(3,21)22/h4-7,10-12H,8-9H2,1-3H3,(H,19,20). The van der Waals surface area contributed by atoms with E-state index in [0.717, 1.165) is 23.1 Å². The van der Waals surface area contributed by atoms with Crippen LogP contribution >= 0.6 is 0 Å². The summed E-state index contributed by atoms with van der Waals surface area (Å²) in [5.41, 5.74) is 2.66. The van der Waals surface area contributed by atoms with Gasteiger partial charge in [0.15, 0.2) is 9.84 Å². The van der Waals surface area contributed by atoms with Gasteiger partial charge in [-0.05, 0) is 61.4 Å². The van der Waals surface area contributed by atoms with Gasteiger partial charge in [-0.25, -0.2) is 8.42 Å². The van der Waals surface area contributed by atoms with Gasteiger partial charge in [0, 0.05) is 11.8 Å². The van der Waals surface area contributed by atoms with E-state index >= 15 is 0 Å². The van der Waals surface area contributed by atoms with Crippen molar-refractivity contribution in [3.8, 4) is 5.75 Å². The number of aryl methyl sites for hydroxylation is 2. The molecule has 0 fully saturated rings. The molecular formula is C18H21NO4S. The van der Waals surface area contributed by atoms with Gasteiger partial charge in [-0.3, -0.25) is 4.79 Å². The Kier molecular flexibility index (Phi) is 5.62. The highest BCUT2D eigenvalue weighted by atomic mass is 32.2. The minimum Gasteiger partial charge on any atom is -0.492 e. The lowest BCUT2D eigenvalue weighted by Gasteiger charge is -2.09. The minimum atomic E-state index is -3.26. The summed E-state index contributed by atoms with van der Waals surface area (Å²) in [4.78, 5) is 12.2. The number of amides is 1. The number of rotatable bonds is 6. The Hall–Kier alpha value is -2.34. The Bertz CT molecular complexity index is 806. The van der Waals surface area contributed by atoms with Crippen LogP contribution in [0.5, 0.6) is 5.75 Å². The van der Waals surface area contributed by atoms with Crippen molar-refractivity contribution in [1.82, 2.24) is 5.32 Å². The van der Waals surface area contributed by atoms with Gasteiger partial charge >= 0.3 is 0 Å². The molecule has 2 rings (SSSR count). The Balaban J connectivity index is 1.85. The van der Waals surface area contributed by atoms with Crippen LogP contribution in [0.2, 0.25) is 0 Å². The van der Waals surface area contributed by atoms with Gasteiger partial charge in [0.1, 0.15) is 12.4 Å². The van der Waals surface area contributed by atoms with Crippen molar-refractivity contribution in [2.24, 2.45) is 0 Å². The number of hydrogen-bond acceptors (Lipinski definition) is 4. The van der Waals surface area contributed by atoms with E-state index in [1.165, 1.54) is 24.3 Å². The van der Waals surface area contributed by atoms with Crippen molar-refractivity contribution in [2.75, 3.05) is 19.4 Å². The van der Waals surface area contributed by atoms with E-state index in [1.54, 1.807) is 0 Å². The molecular weight excluding hydrogens is 326 g/mol. The van der Waals surface area contributed by atoms with Gasteiger partial charge in [0.2, 0.25) is 0 Å². The number of benzene rings is 2. The van der Waals surface area contributed by atoms with Crippen LogP contribution in [0.15, 0.2) is 47.4 Å². The molecule has 128 valence electrons. The zero-order chi connectivity index (χ0) is 17.7. The summed E-state index contributed by atoms with van der Waals surface area (Å²) >= 11 is 0. The van der Waals surface area contributed by atoms with E-state index in [4.69, 9.17) is 4.74 Å². The van der Waals surface area contributed by atoms with Crippen molar-refractivity contribution in [3.63, 3.8) is 0 Å². The highest BCUT2D eigenvalue weighted by Crippen LogP contribution is 2.16. The first-order valence-corrected chi connectivity index (χ1v) is 9.44. The quantitative estimate of drug-likeness (QED) is 0.815. The van der Waals surface area contributed by atoms with E-state index in [1.807, 2.05) is 26.0 Å². The third-order valence-electron chi connectivity index (χ3n) is 3.40. The summed E-state index contributed by atoms with van der Waals surface area (Å²) in [7, 11) is -3.26. The van der Waals surface area contributed by atoms with E-state index in [-0.39, 0.29) is 10.8 Å². The Morgan fingerprint density at radius 3 is 2.17 bits per heavy atom. The smallest absolute Gasteiger partial charge is 0.251 e. The molecule has 0 bridgehead atoms. The van der Waals surface area contributed by atoms with E-state index in [0.29, 0.717) is 18.7 Å². The average molecular weight is 347 g/mol. The molecule has 0 aliphatic heterocycles. The monoisotopic (exact) mass is 347 g/mol. The number of carbonyl (C=O) groups is 1. The number of ether oxygens (including phenoxy) is 1. The summed E-state index contributed by atoms with van der Waals surface area (Å²) in [5, 5.41) is 2.74. The lowest BCUT2D eigenvalue weighted by atomic mass is 10.1. The van der Waals surface area contributed by atoms with E-state index in [2.05, 4.69) is 11.4 Å². The lowest BCUT2D eigenvalue weighted by molar-refractivity contribution is 0.0947. The second-order valence-corrected chi connectivity index (χ2v) is 7.74. The molecule has 0 saturated carbocycles. The van der Waals surface area contributed by atoms with Gasteiger partial charge in [-0.15, -0.1) is 0 Å². The molecule has 0 aliphatic carbocycles. The molecule has 2 aromatic carbocycles. The molecule has 5 nitrogen and oxygen atoms in total. The third kappa shape index (κ3) is 5.09. The van der Waals surface area contributed by atoms with E-state index in [9.17, 15) is 13.2 Å². The SMILES string of the molecule is Cc1cc(C)cc(OCCNC(=O)c2ccc(S(C)(=O)=O)cc2)c1. The van der Waals surface area contributed by atoms with E-state index < -0.39 is 9.84 Å². The second-order valence-electron chi connectivity index (χ2n) is 5.72. The molecule has 1 amide bonds. The number of sulfone groups is 1. The van der Waals surface area contributed by atoms with Crippen LogP contribution in [0.25, 0.3) is 0 Å². The highest BCUT2D eigenvalue weighted by Gasteiger charge is 2.09. The van der Waals surface area contributed by atoms with Crippen LogP contribution in [-0.2, 0) is 9.84 Å². The zero-order valence-electron chi connectivity index (χ0n) is 14.0. The van der Waals surface area contributed by atoms with Crippen LogP contribution < -0.4 is 10.1 Å². The third-order valence-corrected chi connectivity index (χ3v) is 4.52. The first-order chi connectivity index (χ1) is 11.3. The number of nitrogens with one attached hydrogen (secondary N) is 1. The van der Waals surface area contributed by atoms with Crippen LogP contribution in [0.3, 0.4) is 0 Å². The average Bonchev–Trinajstić information content (AvgIpc) is 2.50. The van der Waals surface area contributed by atoms with Crippen molar-refractivity contribution in [3.05, 3.63) is 59.2 Å². The summed E-state index contributed by atoms with van der Waals surface area (Å²) in [6.07, 6.45) is 1.13. The molecule has 0 radical (unpaired) electrons. The molecule has 24 heavy (non-hydrogen) atoms. The van der Waals surface area contributed by atoms with Gasteiger partial charge in [-0.1, -0.05) is 6.07 Å². The first-order valence-electron chi connectivity index (χ1n) is 7.55. The predicted molar refractivity (Wildman–Crippen MR) is 93.3 cm³/mol. The van der Waals surface area contributed by atoms with Crippen molar-refractivity contribution in [1.29, 1.82) is 0 Å². The summed E-state index contributed by atoms with van der Waals surface area (Å²) in [6.45, 7) is 4.72. The van der Waals surface area contributed by atoms with Crippen LogP contribution in [0.4, 0.5) is 0 Å². The van der Waals surface area contributed by atoms with Crippen molar-refractivity contribution < 1.29 is 17.9 Å². The molecule has 0 atom stereocenters. The van der Waals surface area contributed by atoms with Crippen molar-refractivity contribution >= 4 is 15.7 Å². The highest BCUT2D eigenvalue weighted by molar-refractivity contribution is 7.90. The Morgan fingerprint density at radius 1 is 1.04 bits per heavy atom. The number of carbonyl (C=O) groups excluding carboxylic acids is 1. The maximum atomic E-state index is 12.0. The first kappa shape index (κ1) is 18.0. The molecule has 1 N–H and O–H groups in total. The second kappa shape index (κ2) is 7.49. The van der Waals surface area contributed by atoms with Crippen LogP contribution in [-0.4, -0.2) is 33.7 Å². The largest absolute Gasteiger partial charge is 0.492 e. The Morgan fingerprint density at radius 2 is 1.62 bits per heavy atom. The summed E-state index contributed by atoms with van der Waals surface area (Å²) < 4.78 is 28.4. The fourth-order valence-electron chi connectivity index (χ4n) is 2.31. The van der Waals surface area contributed by atoms with Crippen LogP contribution in [0, 0.1) is 13.8 Å². The lowest BCUT2D eigenvalue weighted by Crippen LogP contribution is -2.28. The minimum absolute atomic E-state index is 0.192. The van der Waals surface area contributed by atoms with Crippen LogP contribution in [0.1, 0.15) is 21.5 Å². The molecule has 0 heterocycles. The molecule has 0 spiro atoms. The summed E-state index contributed by atoms with van der Waals surface area (Å²) in [6, 6.07) is 11.8. The number of hydrogen-bond donors (Lipinski definition) is 1. The fraction of sp³-hybridized carbons (Fsp3) is 0.278. The van der Waals surface area contributed by atoms with Gasteiger partial charge in [-0.2, -0.15) is 0 Å². The fourth-order valence-corrected chi connectivity index (χ4v) is 2.94. The normalized spacial score (nSPS) is 11.1. The maximum Gasteiger partial charge on any atom is 0.251 e. The molecule has 0 unspecified atom stereocenters. The molecule has 6 heteroatoms. The van der Waals surface area contributed by atoms with Gasteiger partial charge in [0.05, 0.1) is 11.4 Å². The predicted octanol–water partition coefficient (Wildman–Crippen LogP) is 2.52. The Labute approximate surface area is 142 Å². The van der Waals surface area contributed by atoms with Crippen molar-refractivity contribution in [2.45, 2.75) is 18.7 Å². The molecule has 0 saturated heterocycles. The molecule has 0 aliphatic rings. The zero-order valence-corrected chi connectivity index (χ0v) is 14.8. The topological polar surface area (TPSA) is 72.5 Å². The molecule has 0 aromatic heterocycles. The van der Waals surface area contributed by atoms with Gasteiger partial charge < -0.3 is 10.1 Å². The molecule has 2 aromatic rings.